The van der Waals surface area contributed by atoms with Gasteiger partial charge >= 0.3 is 0 Å². The molecular formula is C19H22ClNO2S. The quantitative estimate of drug-likeness (QED) is 0.696. The maximum atomic E-state index is 12.3. The summed E-state index contributed by atoms with van der Waals surface area (Å²) in [6.45, 7) is 6.39. The Labute approximate surface area is 152 Å². The van der Waals surface area contributed by atoms with E-state index in [2.05, 4.69) is 5.32 Å². The first-order valence-electron chi connectivity index (χ1n) is 7.84. The van der Waals surface area contributed by atoms with E-state index in [1.807, 2.05) is 63.2 Å². The van der Waals surface area contributed by atoms with E-state index < -0.39 is 0 Å². The van der Waals surface area contributed by atoms with Crippen molar-refractivity contribution in [3.05, 3.63) is 58.6 Å². The Balaban J connectivity index is 1.76. The van der Waals surface area contributed by atoms with Crippen LogP contribution in [0.2, 0.25) is 5.02 Å². The second-order valence-corrected chi connectivity index (χ2v) is 7.44. The molecule has 2 rings (SSSR count). The molecule has 0 saturated carbocycles. The van der Waals surface area contributed by atoms with Crippen LogP contribution in [0, 0.1) is 13.8 Å². The standard InChI is InChI=1S/C19H22ClNO2S/c1-13-6-4-7-16(12-13)23-10-11-24-15(3)19(22)21-18-9-5-8-17(20)14(18)2/h4-9,12,15H,10-11H2,1-3H3,(H,21,22). The first-order valence-corrected chi connectivity index (χ1v) is 9.27. The molecule has 5 heteroatoms. The molecular weight excluding hydrogens is 342 g/mol. The number of carbonyl (C=O) groups excluding carboxylic acids is 1. The van der Waals surface area contributed by atoms with Crippen molar-refractivity contribution < 1.29 is 9.53 Å². The number of anilines is 1. The lowest BCUT2D eigenvalue weighted by Crippen LogP contribution is -2.23. The summed E-state index contributed by atoms with van der Waals surface area (Å²) in [5.41, 5.74) is 2.81. The van der Waals surface area contributed by atoms with Gasteiger partial charge in [0, 0.05) is 16.5 Å². The number of nitrogens with one attached hydrogen (secondary N) is 1. The summed E-state index contributed by atoms with van der Waals surface area (Å²) < 4.78 is 5.70. The smallest absolute Gasteiger partial charge is 0.237 e. The van der Waals surface area contributed by atoms with Gasteiger partial charge < -0.3 is 10.1 Å². The fraction of sp³-hybridized carbons (Fsp3) is 0.316. The molecule has 0 radical (unpaired) electrons. The molecule has 1 N–H and O–H groups in total. The van der Waals surface area contributed by atoms with Gasteiger partial charge in [-0.2, -0.15) is 0 Å². The molecule has 0 aliphatic carbocycles. The summed E-state index contributed by atoms with van der Waals surface area (Å²) in [5.74, 6) is 1.58. The third-order valence-corrected chi connectivity index (χ3v) is 5.13. The largest absolute Gasteiger partial charge is 0.493 e. The number of ether oxygens (including phenoxy) is 1. The lowest BCUT2D eigenvalue weighted by atomic mass is 10.2. The topological polar surface area (TPSA) is 38.3 Å². The van der Waals surface area contributed by atoms with Gasteiger partial charge in [-0.15, -0.1) is 11.8 Å². The summed E-state index contributed by atoms with van der Waals surface area (Å²) in [7, 11) is 0. The number of rotatable bonds is 7. The van der Waals surface area contributed by atoms with Crippen LogP contribution >= 0.6 is 23.4 Å². The molecule has 0 aliphatic heterocycles. The Kier molecular flexibility index (Phi) is 7.00. The number of thioether (sulfide) groups is 1. The lowest BCUT2D eigenvalue weighted by molar-refractivity contribution is -0.115. The summed E-state index contributed by atoms with van der Waals surface area (Å²) >= 11 is 7.64. The minimum Gasteiger partial charge on any atom is -0.493 e. The number of halogens is 1. The van der Waals surface area contributed by atoms with Crippen LogP contribution in [0.4, 0.5) is 5.69 Å². The van der Waals surface area contributed by atoms with Gasteiger partial charge in [0.05, 0.1) is 11.9 Å². The average Bonchev–Trinajstić information content (AvgIpc) is 2.55. The van der Waals surface area contributed by atoms with Gasteiger partial charge in [-0.1, -0.05) is 29.8 Å². The summed E-state index contributed by atoms with van der Waals surface area (Å²) in [6.07, 6.45) is 0. The van der Waals surface area contributed by atoms with Gasteiger partial charge in [-0.05, 0) is 56.2 Å². The van der Waals surface area contributed by atoms with Gasteiger partial charge in [0.15, 0.2) is 0 Å². The van der Waals surface area contributed by atoms with Crippen LogP contribution in [0.25, 0.3) is 0 Å². The Hall–Kier alpha value is -1.65. The normalized spacial score (nSPS) is 11.8. The Morgan fingerprint density at radius 1 is 1.25 bits per heavy atom. The van der Waals surface area contributed by atoms with Gasteiger partial charge in [0.25, 0.3) is 0 Å². The maximum Gasteiger partial charge on any atom is 0.237 e. The van der Waals surface area contributed by atoms with E-state index in [1.54, 1.807) is 11.8 Å². The highest BCUT2D eigenvalue weighted by molar-refractivity contribution is 8.00. The third kappa shape index (κ3) is 5.46. The highest BCUT2D eigenvalue weighted by Gasteiger charge is 2.14. The molecule has 0 fully saturated rings. The van der Waals surface area contributed by atoms with Crippen molar-refractivity contribution in [2.75, 3.05) is 17.7 Å². The number of aryl methyl sites for hydroxylation is 1. The molecule has 3 nitrogen and oxygen atoms in total. The molecule has 24 heavy (non-hydrogen) atoms. The van der Waals surface area contributed by atoms with E-state index in [4.69, 9.17) is 16.3 Å². The van der Waals surface area contributed by atoms with Crippen molar-refractivity contribution in [3.8, 4) is 5.75 Å². The van der Waals surface area contributed by atoms with Gasteiger partial charge in [0.2, 0.25) is 5.91 Å². The van der Waals surface area contributed by atoms with Gasteiger partial charge in [-0.3, -0.25) is 4.79 Å². The lowest BCUT2D eigenvalue weighted by Gasteiger charge is -2.14. The van der Waals surface area contributed by atoms with Crippen molar-refractivity contribution in [3.63, 3.8) is 0 Å². The summed E-state index contributed by atoms with van der Waals surface area (Å²) in [6, 6.07) is 13.5. The Bertz CT molecular complexity index is 706. The second-order valence-electron chi connectivity index (χ2n) is 5.58. The van der Waals surface area contributed by atoms with Crippen LogP contribution in [-0.4, -0.2) is 23.5 Å². The van der Waals surface area contributed by atoms with Crippen molar-refractivity contribution >= 4 is 35.0 Å². The van der Waals surface area contributed by atoms with Gasteiger partial charge in [-0.25, -0.2) is 0 Å². The van der Waals surface area contributed by atoms with Crippen LogP contribution in [0.15, 0.2) is 42.5 Å². The number of carbonyl (C=O) groups is 1. The minimum absolute atomic E-state index is 0.0269. The molecule has 0 aliphatic rings. The number of benzene rings is 2. The zero-order chi connectivity index (χ0) is 17.5. The van der Waals surface area contributed by atoms with Crippen LogP contribution in [-0.2, 0) is 4.79 Å². The highest BCUT2D eigenvalue weighted by atomic mass is 35.5. The van der Waals surface area contributed by atoms with E-state index in [9.17, 15) is 4.79 Å². The molecule has 1 amide bonds. The highest BCUT2D eigenvalue weighted by Crippen LogP contribution is 2.24. The second kappa shape index (κ2) is 9.00. The molecule has 0 heterocycles. The average molecular weight is 364 g/mol. The summed E-state index contributed by atoms with van der Waals surface area (Å²) in [5, 5.41) is 3.42. The fourth-order valence-electron chi connectivity index (χ4n) is 2.14. The molecule has 0 spiro atoms. The molecule has 2 aromatic rings. The van der Waals surface area contributed by atoms with E-state index in [0.717, 1.165) is 22.8 Å². The number of hydrogen-bond donors (Lipinski definition) is 1. The number of hydrogen-bond acceptors (Lipinski definition) is 3. The van der Waals surface area contributed by atoms with Crippen molar-refractivity contribution in [1.29, 1.82) is 0 Å². The van der Waals surface area contributed by atoms with Crippen LogP contribution in [0.3, 0.4) is 0 Å². The SMILES string of the molecule is Cc1cccc(OCCSC(C)C(=O)Nc2cccc(Cl)c2C)c1. The van der Waals surface area contributed by atoms with Crippen LogP contribution in [0.1, 0.15) is 18.1 Å². The zero-order valence-electron chi connectivity index (χ0n) is 14.1. The molecule has 2 aromatic carbocycles. The minimum atomic E-state index is -0.163. The van der Waals surface area contributed by atoms with E-state index >= 15 is 0 Å². The number of amides is 1. The predicted octanol–water partition coefficient (Wildman–Crippen LogP) is 5.10. The van der Waals surface area contributed by atoms with Crippen LogP contribution in [0.5, 0.6) is 5.75 Å². The first-order chi connectivity index (χ1) is 11.5. The molecule has 1 atom stereocenters. The Morgan fingerprint density at radius 2 is 2.00 bits per heavy atom. The molecule has 0 saturated heterocycles. The maximum absolute atomic E-state index is 12.3. The van der Waals surface area contributed by atoms with Crippen molar-refractivity contribution in [2.24, 2.45) is 0 Å². The Morgan fingerprint density at radius 3 is 2.75 bits per heavy atom. The third-order valence-electron chi connectivity index (χ3n) is 3.60. The van der Waals surface area contributed by atoms with E-state index in [-0.39, 0.29) is 11.2 Å². The molecule has 0 aromatic heterocycles. The first kappa shape index (κ1) is 18.7. The molecule has 1 unspecified atom stereocenters. The van der Waals surface area contributed by atoms with E-state index in [0.29, 0.717) is 11.6 Å². The zero-order valence-corrected chi connectivity index (χ0v) is 15.7. The van der Waals surface area contributed by atoms with Gasteiger partial charge in [0.1, 0.15) is 5.75 Å². The monoisotopic (exact) mass is 363 g/mol. The van der Waals surface area contributed by atoms with Crippen molar-refractivity contribution in [1.82, 2.24) is 0 Å². The molecule has 0 bridgehead atoms. The fourth-order valence-corrected chi connectivity index (χ4v) is 3.06. The van der Waals surface area contributed by atoms with E-state index in [1.165, 1.54) is 5.56 Å². The summed E-state index contributed by atoms with van der Waals surface area (Å²) in [4.78, 5) is 12.3. The van der Waals surface area contributed by atoms with Crippen molar-refractivity contribution in [2.45, 2.75) is 26.0 Å². The molecule has 128 valence electrons. The predicted molar refractivity (Wildman–Crippen MR) is 103 cm³/mol. The van der Waals surface area contributed by atoms with Crippen LogP contribution < -0.4 is 10.1 Å².